The van der Waals surface area contributed by atoms with E-state index >= 15 is 0 Å². The molecular weight excluding hydrogens is 162 g/mol. The molecule has 0 saturated heterocycles. The zero-order valence-corrected chi connectivity index (χ0v) is 7.60. The molecule has 0 atom stereocenters. The second-order valence-corrected chi connectivity index (χ2v) is 2.90. The smallest absolute Gasteiger partial charge is 0.174 e. The van der Waals surface area contributed by atoms with E-state index in [0.717, 1.165) is 25.1 Å². The topological polar surface area (TPSA) is 30.7 Å². The molecule has 3 nitrogen and oxygen atoms in total. The molecule has 11 heavy (non-hydrogen) atoms. The Balaban J connectivity index is 2.63. The lowest BCUT2D eigenvalue weighted by molar-refractivity contribution is 0.542. The molecule has 0 radical (unpaired) electrons. The third kappa shape index (κ3) is 1.93. The van der Waals surface area contributed by atoms with Crippen molar-refractivity contribution >= 4 is 11.6 Å². The number of unbranched alkanes of at least 4 members (excludes halogenated alkanes) is 1. The fourth-order valence-corrected chi connectivity index (χ4v) is 0.991. The lowest BCUT2D eigenvalue weighted by Crippen LogP contribution is -2.01. The summed E-state index contributed by atoms with van der Waals surface area (Å²) in [5.74, 6) is 0. The Bertz CT molecular complexity index is 232. The Hall–Kier alpha value is -0.570. The summed E-state index contributed by atoms with van der Waals surface area (Å²) in [5.41, 5.74) is 0.958. The van der Waals surface area contributed by atoms with Gasteiger partial charge in [-0.3, -0.25) is 0 Å². The van der Waals surface area contributed by atoms with Crippen LogP contribution in [0.15, 0.2) is 0 Å². The summed E-state index contributed by atoms with van der Waals surface area (Å²) < 4.78 is 1.84. The molecule has 0 saturated carbocycles. The van der Waals surface area contributed by atoms with Crippen molar-refractivity contribution in [2.75, 3.05) is 0 Å². The highest BCUT2D eigenvalue weighted by Gasteiger charge is 2.03. The minimum atomic E-state index is 0.515. The number of hydrogen-bond acceptors (Lipinski definition) is 2. The Labute approximate surface area is 71.4 Å². The zero-order chi connectivity index (χ0) is 8.27. The quantitative estimate of drug-likeness (QED) is 0.701. The first-order chi connectivity index (χ1) is 5.25. The van der Waals surface area contributed by atoms with Crippen molar-refractivity contribution in [1.29, 1.82) is 0 Å². The number of rotatable bonds is 3. The van der Waals surface area contributed by atoms with E-state index in [2.05, 4.69) is 17.2 Å². The molecule has 1 heterocycles. The number of hydrogen-bond donors (Lipinski definition) is 0. The summed E-state index contributed by atoms with van der Waals surface area (Å²) in [6.45, 7) is 4.99. The highest BCUT2D eigenvalue weighted by Crippen LogP contribution is 2.09. The van der Waals surface area contributed by atoms with Crippen LogP contribution in [0.3, 0.4) is 0 Å². The maximum Gasteiger partial charge on any atom is 0.174 e. The van der Waals surface area contributed by atoms with E-state index in [1.165, 1.54) is 0 Å². The van der Waals surface area contributed by atoms with Crippen molar-refractivity contribution in [3.63, 3.8) is 0 Å². The van der Waals surface area contributed by atoms with Crippen LogP contribution in [0.5, 0.6) is 0 Å². The molecule has 0 aliphatic rings. The van der Waals surface area contributed by atoms with Crippen LogP contribution >= 0.6 is 11.6 Å². The zero-order valence-electron chi connectivity index (χ0n) is 6.84. The third-order valence-corrected chi connectivity index (χ3v) is 2.00. The summed E-state index contributed by atoms with van der Waals surface area (Å²) >= 11 is 5.71. The Morgan fingerprint density at radius 1 is 1.55 bits per heavy atom. The maximum atomic E-state index is 5.71. The molecule has 0 aromatic carbocycles. The standard InChI is InChI=1S/C7H12ClN3/c1-3-4-5-11-6(2)7(8)9-10-11/h3-5H2,1-2H3. The first kappa shape index (κ1) is 8.53. The van der Waals surface area contributed by atoms with Gasteiger partial charge in [0.1, 0.15) is 0 Å². The van der Waals surface area contributed by atoms with Crippen LogP contribution in [-0.2, 0) is 6.54 Å². The molecule has 0 N–H and O–H groups in total. The van der Waals surface area contributed by atoms with Crippen LogP contribution in [0.1, 0.15) is 25.5 Å². The van der Waals surface area contributed by atoms with E-state index in [9.17, 15) is 0 Å². The second-order valence-electron chi connectivity index (χ2n) is 2.54. The summed E-state index contributed by atoms with van der Waals surface area (Å²) in [7, 11) is 0. The van der Waals surface area contributed by atoms with Gasteiger partial charge in [0.25, 0.3) is 0 Å². The minimum absolute atomic E-state index is 0.515. The molecule has 1 rings (SSSR count). The average Bonchev–Trinajstić information content (AvgIpc) is 2.31. The fourth-order valence-electron chi connectivity index (χ4n) is 0.859. The number of halogens is 1. The van der Waals surface area contributed by atoms with E-state index in [4.69, 9.17) is 11.6 Å². The predicted octanol–water partition coefficient (Wildman–Crippen LogP) is 2.04. The summed E-state index contributed by atoms with van der Waals surface area (Å²) in [4.78, 5) is 0. The van der Waals surface area contributed by atoms with E-state index in [0.29, 0.717) is 5.15 Å². The third-order valence-electron chi connectivity index (χ3n) is 1.65. The molecule has 4 heteroatoms. The van der Waals surface area contributed by atoms with Gasteiger partial charge < -0.3 is 0 Å². The van der Waals surface area contributed by atoms with E-state index < -0.39 is 0 Å². The van der Waals surface area contributed by atoms with E-state index in [1.807, 2.05) is 11.6 Å². The van der Waals surface area contributed by atoms with Gasteiger partial charge in [0, 0.05) is 6.54 Å². The molecule has 0 aliphatic carbocycles. The minimum Gasteiger partial charge on any atom is -0.248 e. The van der Waals surface area contributed by atoms with Crippen molar-refractivity contribution in [1.82, 2.24) is 15.0 Å². The fraction of sp³-hybridized carbons (Fsp3) is 0.714. The van der Waals surface area contributed by atoms with Crippen LogP contribution in [0.4, 0.5) is 0 Å². The normalized spacial score (nSPS) is 10.5. The van der Waals surface area contributed by atoms with E-state index in [-0.39, 0.29) is 0 Å². The van der Waals surface area contributed by atoms with Gasteiger partial charge in [-0.2, -0.15) is 0 Å². The van der Waals surface area contributed by atoms with Crippen molar-refractivity contribution in [2.24, 2.45) is 0 Å². The van der Waals surface area contributed by atoms with Gasteiger partial charge in [-0.15, -0.1) is 5.10 Å². The number of aryl methyl sites for hydroxylation is 1. The van der Waals surface area contributed by atoms with Crippen LogP contribution in [0.2, 0.25) is 5.15 Å². The molecule has 0 amide bonds. The first-order valence-corrected chi connectivity index (χ1v) is 4.19. The van der Waals surface area contributed by atoms with Crippen molar-refractivity contribution in [3.05, 3.63) is 10.8 Å². The lowest BCUT2D eigenvalue weighted by Gasteiger charge is -1.99. The van der Waals surface area contributed by atoms with Crippen LogP contribution in [0.25, 0.3) is 0 Å². The SMILES string of the molecule is CCCCn1nnc(Cl)c1C. The molecule has 0 aliphatic heterocycles. The Morgan fingerprint density at radius 3 is 2.73 bits per heavy atom. The maximum absolute atomic E-state index is 5.71. The Kier molecular flexibility index (Phi) is 2.88. The van der Waals surface area contributed by atoms with Gasteiger partial charge in [-0.25, -0.2) is 4.68 Å². The van der Waals surface area contributed by atoms with Gasteiger partial charge in [0.05, 0.1) is 5.69 Å². The largest absolute Gasteiger partial charge is 0.248 e. The summed E-state index contributed by atoms with van der Waals surface area (Å²) in [6.07, 6.45) is 2.29. The van der Waals surface area contributed by atoms with Crippen molar-refractivity contribution in [3.8, 4) is 0 Å². The molecule has 0 bridgehead atoms. The average molecular weight is 174 g/mol. The monoisotopic (exact) mass is 173 g/mol. The lowest BCUT2D eigenvalue weighted by atomic mass is 10.3. The van der Waals surface area contributed by atoms with Crippen LogP contribution in [0, 0.1) is 6.92 Å². The molecule has 62 valence electrons. The molecule has 0 fully saturated rings. The van der Waals surface area contributed by atoms with Gasteiger partial charge in [0.15, 0.2) is 5.15 Å². The molecule has 0 unspecified atom stereocenters. The van der Waals surface area contributed by atoms with Crippen molar-refractivity contribution < 1.29 is 0 Å². The number of nitrogens with zero attached hydrogens (tertiary/aromatic N) is 3. The summed E-state index contributed by atoms with van der Waals surface area (Å²) in [5, 5.41) is 8.15. The van der Waals surface area contributed by atoms with Gasteiger partial charge in [-0.1, -0.05) is 30.2 Å². The molecule has 1 aromatic rings. The Morgan fingerprint density at radius 2 is 2.27 bits per heavy atom. The van der Waals surface area contributed by atoms with Gasteiger partial charge in [-0.05, 0) is 13.3 Å². The second kappa shape index (κ2) is 3.72. The van der Waals surface area contributed by atoms with Gasteiger partial charge in [0.2, 0.25) is 0 Å². The van der Waals surface area contributed by atoms with Crippen LogP contribution in [-0.4, -0.2) is 15.0 Å². The van der Waals surface area contributed by atoms with Gasteiger partial charge >= 0.3 is 0 Å². The molecule has 1 aromatic heterocycles. The van der Waals surface area contributed by atoms with Crippen molar-refractivity contribution in [2.45, 2.75) is 33.2 Å². The highest BCUT2D eigenvalue weighted by atomic mass is 35.5. The predicted molar refractivity (Wildman–Crippen MR) is 44.7 cm³/mol. The first-order valence-electron chi connectivity index (χ1n) is 3.81. The molecular formula is C7H12ClN3. The molecule has 0 spiro atoms. The highest BCUT2D eigenvalue weighted by molar-refractivity contribution is 6.29. The summed E-state index contributed by atoms with van der Waals surface area (Å²) in [6, 6.07) is 0. The van der Waals surface area contributed by atoms with E-state index in [1.54, 1.807) is 0 Å². The number of aromatic nitrogens is 3. The van der Waals surface area contributed by atoms with Crippen LogP contribution < -0.4 is 0 Å².